The van der Waals surface area contributed by atoms with Crippen LogP contribution < -0.4 is 0 Å². The van der Waals surface area contributed by atoms with Crippen LogP contribution in [0.3, 0.4) is 0 Å². The van der Waals surface area contributed by atoms with Crippen LogP contribution in [0, 0.1) is 0 Å². The summed E-state index contributed by atoms with van der Waals surface area (Å²) in [7, 11) is 0. The Kier molecular flexibility index (Phi) is 6.56. The summed E-state index contributed by atoms with van der Waals surface area (Å²) in [6.07, 6.45) is -1.10. The van der Waals surface area contributed by atoms with Gasteiger partial charge in [-0.1, -0.05) is 13.3 Å². The molecule has 6 heteroatoms. The first kappa shape index (κ1) is 15.4. The summed E-state index contributed by atoms with van der Waals surface area (Å²) in [6, 6.07) is 0. The number of aliphatic hydroxyl groups is 2. The summed E-state index contributed by atoms with van der Waals surface area (Å²) in [5, 5.41) is 19.3. The third-order valence-corrected chi connectivity index (χ3v) is 2.78. The third-order valence-electron chi connectivity index (χ3n) is 2.78. The van der Waals surface area contributed by atoms with Gasteiger partial charge in [0.15, 0.2) is 6.29 Å². The Morgan fingerprint density at radius 3 is 2.78 bits per heavy atom. The maximum atomic E-state index is 10.8. The summed E-state index contributed by atoms with van der Waals surface area (Å²) in [5.74, 6) is -0.430. The minimum absolute atomic E-state index is 0.0275. The smallest absolute Gasteiger partial charge is 0.302 e. The number of esters is 1. The number of hydrogen-bond donors (Lipinski definition) is 2. The van der Waals surface area contributed by atoms with E-state index in [1.54, 1.807) is 0 Å². The molecule has 4 atom stereocenters. The molecular weight excluding hydrogens is 240 g/mol. The molecule has 18 heavy (non-hydrogen) atoms. The maximum Gasteiger partial charge on any atom is 0.302 e. The van der Waals surface area contributed by atoms with Crippen LogP contribution in [-0.4, -0.2) is 54.0 Å². The molecule has 0 saturated carbocycles. The highest BCUT2D eigenvalue weighted by Crippen LogP contribution is 2.22. The predicted octanol–water partition coefficient (Wildman–Crippen LogP) is 0.203. The lowest BCUT2D eigenvalue weighted by Gasteiger charge is -2.37. The van der Waals surface area contributed by atoms with Crippen molar-refractivity contribution < 1.29 is 29.2 Å². The zero-order chi connectivity index (χ0) is 13.5. The van der Waals surface area contributed by atoms with Crippen LogP contribution in [-0.2, 0) is 19.0 Å². The molecule has 1 aliphatic rings. The normalized spacial score (nSPS) is 32.2. The van der Waals surface area contributed by atoms with Crippen LogP contribution >= 0.6 is 0 Å². The van der Waals surface area contributed by atoms with Crippen LogP contribution in [0.1, 0.15) is 33.1 Å². The van der Waals surface area contributed by atoms with Crippen LogP contribution in [0.2, 0.25) is 0 Å². The summed E-state index contributed by atoms with van der Waals surface area (Å²) in [5.41, 5.74) is 0. The van der Waals surface area contributed by atoms with E-state index in [1.807, 2.05) is 6.92 Å². The number of carbonyl (C=O) groups is 1. The number of unbranched alkanes of at least 4 members (excludes halogenated alkanes) is 1. The van der Waals surface area contributed by atoms with Crippen LogP contribution in [0.15, 0.2) is 0 Å². The molecule has 0 aromatic heterocycles. The fraction of sp³-hybridized carbons (Fsp3) is 0.917. The van der Waals surface area contributed by atoms with Crippen molar-refractivity contribution in [2.24, 2.45) is 0 Å². The molecule has 0 amide bonds. The summed E-state index contributed by atoms with van der Waals surface area (Å²) in [6.45, 7) is 3.81. The van der Waals surface area contributed by atoms with Gasteiger partial charge >= 0.3 is 5.97 Å². The van der Waals surface area contributed by atoms with Gasteiger partial charge in [0.05, 0.1) is 6.10 Å². The first-order valence-electron chi connectivity index (χ1n) is 6.31. The van der Waals surface area contributed by atoms with E-state index in [1.165, 1.54) is 6.92 Å². The largest absolute Gasteiger partial charge is 0.463 e. The van der Waals surface area contributed by atoms with Crippen molar-refractivity contribution in [2.75, 3.05) is 13.2 Å². The van der Waals surface area contributed by atoms with Crippen molar-refractivity contribution in [3.63, 3.8) is 0 Å². The van der Waals surface area contributed by atoms with Crippen LogP contribution in [0.5, 0.6) is 0 Å². The van der Waals surface area contributed by atoms with Gasteiger partial charge in [-0.25, -0.2) is 0 Å². The predicted molar refractivity (Wildman–Crippen MR) is 62.8 cm³/mol. The molecule has 0 bridgehead atoms. The van der Waals surface area contributed by atoms with Crippen molar-refractivity contribution in [2.45, 2.75) is 57.7 Å². The SMILES string of the molecule is CCCCOC1C(O)CC(O)OC1COC(C)=O. The molecule has 1 saturated heterocycles. The number of hydrogen-bond acceptors (Lipinski definition) is 6. The van der Waals surface area contributed by atoms with Gasteiger partial charge in [-0.2, -0.15) is 0 Å². The van der Waals surface area contributed by atoms with Crippen LogP contribution in [0.25, 0.3) is 0 Å². The molecule has 6 nitrogen and oxygen atoms in total. The van der Waals surface area contributed by atoms with E-state index < -0.39 is 30.6 Å². The van der Waals surface area contributed by atoms with Crippen molar-refractivity contribution in [3.05, 3.63) is 0 Å². The van der Waals surface area contributed by atoms with Gasteiger partial charge in [0.2, 0.25) is 0 Å². The molecule has 0 aromatic rings. The van der Waals surface area contributed by atoms with E-state index in [0.717, 1.165) is 12.8 Å². The molecule has 0 spiro atoms. The average Bonchev–Trinajstić information content (AvgIpc) is 2.29. The minimum atomic E-state index is -1.05. The van der Waals surface area contributed by atoms with Gasteiger partial charge in [-0.05, 0) is 6.42 Å². The fourth-order valence-corrected chi connectivity index (χ4v) is 1.84. The maximum absolute atomic E-state index is 10.8. The van der Waals surface area contributed by atoms with E-state index in [-0.39, 0.29) is 13.0 Å². The van der Waals surface area contributed by atoms with Gasteiger partial charge in [0, 0.05) is 20.0 Å². The fourth-order valence-electron chi connectivity index (χ4n) is 1.84. The van der Waals surface area contributed by atoms with E-state index in [9.17, 15) is 15.0 Å². The average molecular weight is 262 g/mol. The Hall–Kier alpha value is -0.690. The molecule has 0 aliphatic carbocycles. The monoisotopic (exact) mass is 262 g/mol. The summed E-state index contributed by atoms with van der Waals surface area (Å²) < 4.78 is 15.6. The van der Waals surface area contributed by atoms with E-state index in [0.29, 0.717) is 6.61 Å². The number of ether oxygens (including phenoxy) is 3. The Labute approximate surface area is 107 Å². The highest BCUT2D eigenvalue weighted by molar-refractivity contribution is 5.65. The first-order valence-corrected chi connectivity index (χ1v) is 6.31. The van der Waals surface area contributed by atoms with Crippen molar-refractivity contribution in [3.8, 4) is 0 Å². The van der Waals surface area contributed by atoms with E-state index in [4.69, 9.17) is 14.2 Å². The molecule has 1 heterocycles. The van der Waals surface area contributed by atoms with Crippen molar-refractivity contribution in [1.82, 2.24) is 0 Å². The first-order chi connectivity index (χ1) is 8.54. The second-order valence-electron chi connectivity index (χ2n) is 4.42. The lowest BCUT2D eigenvalue weighted by molar-refractivity contribution is -0.252. The highest BCUT2D eigenvalue weighted by Gasteiger charge is 2.38. The van der Waals surface area contributed by atoms with Gasteiger partial charge < -0.3 is 24.4 Å². The van der Waals surface area contributed by atoms with Crippen LogP contribution in [0.4, 0.5) is 0 Å². The summed E-state index contributed by atoms with van der Waals surface area (Å²) >= 11 is 0. The zero-order valence-corrected chi connectivity index (χ0v) is 10.9. The van der Waals surface area contributed by atoms with Crippen molar-refractivity contribution >= 4 is 5.97 Å². The molecule has 2 N–H and O–H groups in total. The molecular formula is C12H22O6. The van der Waals surface area contributed by atoms with Gasteiger partial charge in [-0.3, -0.25) is 4.79 Å². The topological polar surface area (TPSA) is 85.2 Å². The summed E-state index contributed by atoms with van der Waals surface area (Å²) in [4.78, 5) is 10.8. The molecule has 1 rings (SSSR count). The minimum Gasteiger partial charge on any atom is -0.463 e. The van der Waals surface area contributed by atoms with E-state index in [2.05, 4.69) is 0 Å². The second kappa shape index (κ2) is 7.68. The van der Waals surface area contributed by atoms with E-state index >= 15 is 0 Å². The lowest BCUT2D eigenvalue weighted by Crippen LogP contribution is -2.51. The Balaban J connectivity index is 2.51. The lowest BCUT2D eigenvalue weighted by atomic mass is 10.0. The van der Waals surface area contributed by atoms with Gasteiger partial charge in [0.1, 0.15) is 18.8 Å². The van der Waals surface area contributed by atoms with Gasteiger partial charge in [-0.15, -0.1) is 0 Å². The number of aliphatic hydroxyl groups excluding tert-OH is 2. The Morgan fingerprint density at radius 2 is 2.17 bits per heavy atom. The zero-order valence-electron chi connectivity index (χ0n) is 10.9. The quantitative estimate of drug-likeness (QED) is 0.525. The molecule has 1 aliphatic heterocycles. The Morgan fingerprint density at radius 1 is 1.44 bits per heavy atom. The second-order valence-corrected chi connectivity index (χ2v) is 4.42. The van der Waals surface area contributed by atoms with Gasteiger partial charge in [0.25, 0.3) is 0 Å². The molecule has 0 aromatic carbocycles. The molecule has 106 valence electrons. The molecule has 1 fully saturated rings. The highest BCUT2D eigenvalue weighted by atomic mass is 16.6. The van der Waals surface area contributed by atoms with Crippen molar-refractivity contribution in [1.29, 1.82) is 0 Å². The number of carbonyl (C=O) groups excluding carboxylic acids is 1. The molecule has 0 radical (unpaired) electrons. The third kappa shape index (κ3) is 4.89. The molecule has 4 unspecified atom stereocenters. The Bertz CT molecular complexity index is 257. The number of rotatable bonds is 6. The standard InChI is InChI=1S/C12H22O6/c1-3-4-5-16-12-9(14)6-11(15)18-10(12)7-17-8(2)13/h9-12,14-15H,3-7H2,1-2H3.